The Morgan fingerprint density at radius 1 is 0.407 bits per heavy atom. The highest BCUT2D eigenvalue weighted by Crippen LogP contribution is 2.42. The van der Waals surface area contributed by atoms with E-state index in [0.29, 0.717) is 0 Å². The van der Waals surface area contributed by atoms with Crippen LogP contribution in [0.2, 0.25) is 0 Å². The third-order valence-electron chi connectivity index (χ3n) is 11.5. The fourth-order valence-corrected chi connectivity index (χ4v) is 8.58. The van der Waals surface area contributed by atoms with Crippen LogP contribution in [0.4, 0.5) is 17.1 Å². The summed E-state index contributed by atoms with van der Waals surface area (Å²) in [6, 6.07) is 68.8. The third kappa shape index (κ3) is 6.08. The van der Waals surface area contributed by atoms with Crippen molar-refractivity contribution in [2.45, 2.75) is 0 Å². The van der Waals surface area contributed by atoms with Gasteiger partial charge in [0.25, 0.3) is 0 Å². The van der Waals surface area contributed by atoms with Gasteiger partial charge in [-0.2, -0.15) is 0 Å². The van der Waals surface area contributed by atoms with Gasteiger partial charge in [0.2, 0.25) is 0 Å². The van der Waals surface area contributed by atoms with E-state index in [9.17, 15) is 0 Å². The zero-order chi connectivity index (χ0) is 39.3. The molecule has 11 rings (SSSR count). The van der Waals surface area contributed by atoms with Gasteiger partial charge < -0.3 is 13.7 Å². The number of hydrogen-bond acceptors (Lipinski definition) is 3. The van der Waals surface area contributed by atoms with E-state index in [-0.39, 0.29) is 0 Å². The summed E-state index contributed by atoms with van der Waals surface area (Å²) < 4.78 is 12.8. The lowest BCUT2D eigenvalue weighted by Crippen LogP contribution is -2.11. The number of benzene rings is 9. The number of rotatable bonds is 8. The molecule has 59 heavy (non-hydrogen) atoms. The Balaban J connectivity index is 1.02. The molecule has 0 aliphatic heterocycles. The highest BCUT2D eigenvalue weighted by molar-refractivity contribution is 6.07. The SMILES string of the molecule is C=Cc1oc2cc3ccccc3cc2c1/C=C/c1ccccc1N(c1ccc(-c2cccc(-c3cccc4ccccc34)c2)cc1)c1ccc2c(c1)oc1ccccc12. The Hall–Kier alpha value is -7.88. The normalized spacial score (nSPS) is 11.7. The number of furan rings is 2. The van der Waals surface area contributed by atoms with E-state index >= 15 is 0 Å². The molecule has 0 fully saturated rings. The van der Waals surface area contributed by atoms with E-state index in [0.717, 1.165) is 77.8 Å². The van der Waals surface area contributed by atoms with Crippen LogP contribution in [0.15, 0.2) is 210 Å². The van der Waals surface area contributed by atoms with Crippen LogP contribution in [0.5, 0.6) is 0 Å². The first-order valence-corrected chi connectivity index (χ1v) is 19.9. The Morgan fingerprint density at radius 3 is 1.93 bits per heavy atom. The second-order valence-electron chi connectivity index (χ2n) is 14.9. The van der Waals surface area contributed by atoms with Gasteiger partial charge in [-0.05, 0) is 116 Å². The minimum atomic E-state index is 0.747. The molecule has 2 heterocycles. The van der Waals surface area contributed by atoms with E-state index in [1.165, 1.54) is 32.8 Å². The van der Waals surface area contributed by atoms with E-state index in [4.69, 9.17) is 8.83 Å². The number of anilines is 3. The van der Waals surface area contributed by atoms with Gasteiger partial charge in [-0.1, -0.05) is 146 Å². The summed E-state index contributed by atoms with van der Waals surface area (Å²) in [6.07, 6.45) is 6.13. The molecule has 0 aliphatic carbocycles. The summed E-state index contributed by atoms with van der Waals surface area (Å²) in [4.78, 5) is 2.32. The summed E-state index contributed by atoms with van der Waals surface area (Å²) >= 11 is 0. The fraction of sp³-hybridized carbons (Fsp3) is 0. The topological polar surface area (TPSA) is 29.5 Å². The van der Waals surface area contributed by atoms with Crippen molar-refractivity contribution < 1.29 is 8.83 Å². The van der Waals surface area contributed by atoms with E-state index in [1.54, 1.807) is 6.08 Å². The Labute approximate surface area is 342 Å². The molecule has 0 saturated carbocycles. The largest absolute Gasteiger partial charge is 0.456 e. The van der Waals surface area contributed by atoms with Crippen LogP contribution in [0.3, 0.4) is 0 Å². The lowest BCUT2D eigenvalue weighted by Gasteiger charge is -2.27. The molecule has 0 amide bonds. The predicted molar refractivity (Wildman–Crippen MR) is 250 cm³/mol. The molecule has 0 spiro atoms. The summed E-state index contributed by atoms with van der Waals surface area (Å²) in [5, 5.41) is 8.06. The van der Waals surface area contributed by atoms with Gasteiger partial charge in [0.15, 0.2) is 0 Å². The standard InChI is InChI=1S/C56H37NO2/c1-2-53-50(51-34-41-15-3-4-16-42(41)35-55(51)58-53)31-27-39-14-6-9-23-52(39)57(45-30-32-49-48-21-8-10-24-54(48)59-56(49)36-45)44-28-25-37(26-29-44)40-18-11-19-43(33-40)47-22-12-17-38-13-5-7-20-46(38)47/h2-36H,1H2/b31-27+. The van der Waals surface area contributed by atoms with Gasteiger partial charge in [0, 0.05) is 39.2 Å². The molecule has 0 bridgehead atoms. The van der Waals surface area contributed by atoms with Gasteiger partial charge in [0.05, 0.1) is 5.69 Å². The molecule has 278 valence electrons. The summed E-state index contributed by atoms with van der Waals surface area (Å²) in [6.45, 7) is 4.09. The lowest BCUT2D eigenvalue weighted by molar-refractivity contribution is 0.604. The number of hydrogen-bond donors (Lipinski definition) is 0. The van der Waals surface area contributed by atoms with Gasteiger partial charge in [-0.3, -0.25) is 0 Å². The van der Waals surface area contributed by atoms with E-state index in [2.05, 4.69) is 206 Å². The smallest absolute Gasteiger partial charge is 0.137 e. The second kappa shape index (κ2) is 14.3. The Morgan fingerprint density at radius 2 is 1.07 bits per heavy atom. The molecule has 9 aromatic carbocycles. The second-order valence-corrected chi connectivity index (χ2v) is 14.9. The molecule has 0 atom stereocenters. The fourth-order valence-electron chi connectivity index (χ4n) is 8.58. The Kier molecular flexibility index (Phi) is 8.30. The molecule has 0 saturated heterocycles. The van der Waals surface area contributed by atoms with Crippen molar-refractivity contribution >= 4 is 89.7 Å². The summed E-state index contributed by atoms with van der Waals surface area (Å²) in [7, 11) is 0. The lowest BCUT2D eigenvalue weighted by atomic mass is 9.95. The van der Waals surface area contributed by atoms with E-state index in [1.807, 2.05) is 12.1 Å². The summed E-state index contributed by atoms with van der Waals surface area (Å²) in [5.41, 5.74) is 12.4. The minimum Gasteiger partial charge on any atom is -0.456 e. The van der Waals surface area contributed by atoms with Crippen molar-refractivity contribution in [2.24, 2.45) is 0 Å². The third-order valence-corrected chi connectivity index (χ3v) is 11.5. The van der Waals surface area contributed by atoms with Crippen LogP contribution in [0.1, 0.15) is 16.9 Å². The molecule has 3 heteroatoms. The van der Waals surface area contributed by atoms with Crippen molar-refractivity contribution in [3.8, 4) is 22.3 Å². The highest BCUT2D eigenvalue weighted by atomic mass is 16.3. The van der Waals surface area contributed by atoms with Gasteiger partial charge in [-0.15, -0.1) is 0 Å². The predicted octanol–water partition coefficient (Wildman–Crippen LogP) is 16.3. The van der Waals surface area contributed by atoms with E-state index < -0.39 is 0 Å². The maximum atomic E-state index is 6.43. The average molecular weight is 756 g/mol. The van der Waals surface area contributed by atoms with Crippen LogP contribution in [-0.2, 0) is 0 Å². The maximum absolute atomic E-state index is 6.43. The highest BCUT2D eigenvalue weighted by Gasteiger charge is 2.19. The van der Waals surface area contributed by atoms with Crippen LogP contribution in [0, 0.1) is 0 Å². The van der Waals surface area contributed by atoms with Gasteiger partial charge in [0.1, 0.15) is 22.5 Å². The Bertz CT molecular complexity index is 3410. The van der Waals surface area contributed by atoms with Gasteiger partial charge in [-0.25, -0.2) is 0 Å². The molecule has 0 radical (unpaired) electrons. The van der Waals surface area contributed by atoms with Gasteiger partial charge >= 0.3 is 0 Å². The van der Waals surface area contributed by atoms with Crippen LogP contribution in [0.25, 0.3) is 94.9 Å². The van der Waals surface area contributed by atoms with Crippen LogP contribution >= 0.6 is 0 Å². The molecule has 11 aromatic rings. The molecule has 0 aliphatic rings. The average Bonchev–Trinajstić information content (AvgIpc) is 3.85. The van der Waals surface area contributed by atoms with Crippen molar-refractivity contribution in [2.75, 3.05) is 4.90 Å². The van der Waals surface area contributed by atoms with Crippen molar-refractivity contribution in [3.05, 3.63) is 218 Å². The monoisotopic (exact) mass is 755 g/mol. The molecule has 3 nitrogen and oxygen atoms in total. The van der Waals surface area contributed by atoms with Crippen molar-refractivity contribution in [1.29, 1.82) is 0 Å². The quantitative estimate of drug-likeness (QED) is 0.155. The van der Waals surface area contributed by atoms with Crippen molar-refractivity contribution in [1.82, 2.24) is 0 Å². The molecule has 2 aromatic heterocycles. The number of fused-ring (bicyclic) bond motifs is 6. The zero-order valence-electron chi connectivity index (χ0n) is 32.2. The first-order valence-electron chi connectivity index (χ1n) is 19.9. The first kappa shape index (κ1) is 34.4. The minimum absolute atomic E-state index is 0.747. The summed E-state index contributed by atoms with van der Waals surface area (Å²) in [5.74, 6) is 0.747. The molecule has 0 unspecified atom stereocenters. The van der Waals surface area contributed by atoms with Crippen LogP contribution in [-0.4, -0.2) is 0 Å². The number of nitrogens with zero attached hydrogens (tertiary/aromatic N) is 1. The number of para-hydroxylation sites is 2. The molecular formula is C56H37NO2. The molecular weight excluding hydrogens is 719 g/mol. The van der Waals surface area contributed by atoms with Crippen molar-refractivity contribution in [3.63, 3.8) is 0 Å². The zero-order valence-corrected chi connectivity index (χ0v) is 32.2. The first-order chi connectivity index (χ1) is 29.2. The maximum Gasteiger partial charge on any atom is 0.137 e. The van der Waals surface area contributed by atoms with Crippen LogP contribution < -0.4 is 4.90 Å². The molecule has 0 N–H and O–H groups in total.